The van der Waals surface area contributed by atoms with E-state index in [1.807, 2.05) is 6.92 Å². The van der Waals surface area contributed by atoms with Crippen LogP contribution in [-0.4, -0.2) is 30.1 Å². The second-order valence-electron chi connectivity index (χ2n) is 4.08. The van der Waals surface area contributed by atoms with E-state index in [1.54, 1.807) is 0 Å². The van der Waals surface area contributed by atoms with Crippen LogP contribution in [0.5, 0.6) is 0 Å². The number of fused-ring (bicyclic) bond motifs is 1. The monoisotopic (exact) mass is 291 g/mol. The predicted octanol–water partition coefficient (Wildman–Crippen LogP) is 1.36. The highest BCUT2D eigenvalue weighted by atomic mass is 35.5. The Hall–Kier alpha value is -0.690. The van der Waals surface area contributed by atoms with Crippen LogP contribution in [0.15, 0.2) is 0 Å². The molecule has 1 aromatic rings. The van der Waals surface area contributed by atoms with Crippen molar-refractivity contribution in [2.75, 3.05) is 18.5 Å². The first-order valence-corrected chi connectivity index (χ1v) is 6.62. The largest absolute Gasteiger partial charge is 0.372 e. The first kappa shape index (κ1) is 15.4. The maximum absolute atomic E-state index is 11.5. The molecule has 0 bridgehead atoms. The van der Waals surface area contributed by atoms with Gasteiger partial charge in [0.1, 0.15) is 6.61 Å². The normalized spacial score (nSPS) is 17.8. The van der Waals surface area contributed by atoms with Crippen LogP contribution >= 0.6 is 23.7 Å². The van der Waals surface area contributed by atoms with Crippen molar-refractivity contribution in [3.63, 3.8) is 0 Å². The Morgan fingerprint density at radius 2 is 2.44 bits per heavy atom. The molecular formula is C11H18ClN3O2S. The number of rotatable bonds is 4. The number of nitrogens with one attached hydrogen (secondary N) is 1. The molecule has 7 heteroatoms. The SMILES string of the molecule is CCOCC(=O)Nc1nc2c(s1)C[C@@H](N)CC2.Cl. The van der Waals surface area contributed by atoms with Crippen molar-refractivity contribution in [2.24, 2.45) is 5.73 Å². The zero-order chi connectivity index (χ0) is 12.3. The lowest BCUT2D eigenvalue weighted by atomic mass is 9.99. The van der Waals surface area contributed by atoms with Gasteiger partial charge in [-0.3, -0.25) is 10.1 Å². The molecule has 18 heavy (non-hydrogen) atoms. The van der Waals surface area contributed by atoms with Crippen LogP contribution < -0.4 is 11.1 Å². The molecule has 0 radical (unpaired) electrons. The van der Waals surface area contributed by atoms with Gasteiger partial charge in [0.15, 0.2) is 5.13 Å². The van der Waals surface area contributed by atoms with Crippen LogP contribution in [0, 0.1) is 0 Å². The van der Waals surface area contributed by atoms with Crippen LogP contribution in [0.1, 0.15) is 23.9 Å². The highest BCUT2D eigenvalue weighted by Gasteiger charge is 2.20. The van der Waals surface area contributed by atoms with Gasteiger partial charge in [-0.05, 0) is 26.2 Å². The van der Waals surface area contributed by atoms with Crippen molar-refractivity contribution in [1.82, 2.24) is 4.98 Å². The van der Waals surface area contributed by atoms with Crippen molar-refractivity contribution in [3.05, 3.63) is 10.6 Å². The van der Waals surface area contributed by atoms with Crippen molar-refractivity contribution in [1.29, 1.82) is 0 Å². The van der Waals surface area contributed by atoms with E-state index in [-0.39, 0.29) is 31.0 Å². The summed E-state index contributed by atoms with van der Waals surface area (Å²) in [6.45, 7) is 2.48. The average molecular weight is 292 g/mol. The Kier molecular flexibility index (Phi) is 6.01. The topological polar surface area (TPSA) is 77.2 Å². The summed E-state index contributed by atoms with van der Waals surface area (Å²) in [5, 5.41) is 3.41. The average Bonchev–Trinajstić information content (AvgIpc) is 2.67. The molecule has 1 amide bonds. The minimum absolute atomic E-state index is 0. The summed E-state index contributed by atoms with van der Waals surface area (Å²) in [5.74, 6) is -0.151. The molecule has 0 fully saturated rings. The lowest BCUT2D eigenvalue weighted by molar-refractivity contribution is -0.120. The molecule has 0 aromatic carbocycles. The van der Waals surface area contributed by atoms with Crippen LogP contribution in [0.25, 0.3) is 0 Å². The molecule has 1 aromatic heterocycles. The molecule has 0 unspecified atom stereocenters. The predicted molar refractivity (Wildman–Crippen MR) is 74.5 cm³/mol. The number of nitrogens with zero attached hydrogens (tertiary/aromatic N) is 1. The van der Waals surface area contributed by atoms with Gasteiger partial charge in [-0.15, -0.1) is 23.7 Å². The Morgan fingerprint density at radius 1 is 1.67 bits per heavy atom. The van der Waals surface area contributed by atoms with E-state index in [9.17, 15) is 4.79 Å². The summed E-state index contributed by atoms with van der Waals surface area (Å²) >= 11 is 1.52. The Bertz CT molecular complexity index is 411. The lowest BCUT2D eigenvalue weighted by Crippen LogP contribution is -2.27. The second-order valence-corrected chi connectivity index (χ2v) is 5.16. The van der Waals surface area contributed by atoms with Gasteiger partial charge in [0.25, 0.3) is 5.91 Å². The van der Waals surface area contributed by atoms with Crippen LogP contribution in [0.2, 0.25) is 0 Å². The number of halogens is 1. The number of aryl methyl sites for hydroxylation is 1. The number of nitrogens with two attached hydrogens (primary N) is 1. The third kappa shape index (κ3) is 3.91. The van der Waals surface area contributed by atoms with Gasteiger partial charge in [0, 0.05) is 17.5 Å². The fourth-order valence-corrected chi connectivity index (χ4v) is 2.92. The first-order valence-electron chi connectivity index (χ1n) is 5.80. The first-order chi connectivity index (χ1) is 8.19. The van der Waals surface area contributed by atoms with E-state index in [4.69, 9.17) is 10.5 Å². The standard InChI is InChI=1S/C11H17N3O2S.ClH/c1-2-16-6-10(15)14-11-13-8-4-3-7(12)5-9(8)17-11;/h7H,2-6,12H2,1H3,(H,13,14,15);1H/t7-;/m0./s1. The number of amides is 1. The van der Waals surface area contributed by atoms with E-state index < -0.39 is 0 Å². The van der Waals surface area contributed by atoms with Gasteiger partial charge in [-0.25, -0.2) is 4.98 Å². The molecule has 0 aliphatic heterocycles. The van der Waals surface area contributed by atoms with Crippen molar-refractivity contribution in [3.8, 4) is 0 Å². The van der Waals surface area contributed by atoms with Crippen molar-refractivity contribution in [2.45, 2.75) is 32.2 Å². The third-order valence-corrected chi connectivity index (χ3v) is 3.70. The van der Waals surface area contributed by atoms with E-state index in [0.29, 0.717) is 11.7 Å². The van der Waals surface area contributed by atoms with E-state index >= 15 is 0 Å². The number of carbonyl (C=O) groups is 1. The van der Waals surface area contributed by atoms with Gasteiger partial charge in [-0.1, -0.05) is 0 Å². The summed E-state index contributed by atoms with van der Waals surface area (Å²) in [7, 11) is 0. The van der Waals surface area contributed by atoms with Crippen LogP contribution in [0.3, 0.4) is 0 Å². The molecule has 1 atom stereocenters. The molecule has 1 aliphatic carbocycles. The fourth-order valence-electron chi connectivity index (χ4n) is 1.80. The number of hydrogen-bond donors (Lipinski definition) is 2. The number of thiazole rings is 1. The summed E-state index contributed by atoms with van der Waals surface area (Å²) in [4.78, 5) is 17.1. The molecule has 0 saturated carbocycles. The van der Waals surface area contributed by atoms with Gasteiger partial charge in [0.2, 0.25) is 0 Å². The lowest BCUT2D eigenvalue weighted by Gasteiger charge is -2.15. The third-order valence-electron chi connectivity index (χ3n) is 2.66. The number of hydrogen-bond acceptors (Lipinski definition) is 5. The molecular weight excluding hydrogens is 274 g/mol. The van der Waals surface area contributed by atoms with Gasteiger partial charge >= 0.3 is 0 Å². The molecule has 1 heterocycles. The Labute approximate surface area is 117 Å². The van der Waals surface area contributed by atoms with Gasteiger partial charge in [0.05, 0.1) is 5.69 Å². The zero-order valence-corrected chi connectivity index (χ0v) is 11.9. The minimum atomic E-state index is -0.151. The number of anilines is 1. The second kappa shape index (κ2) is 7.04. The van der Waals surface area contributed by atoms with Crippen molar-refractivity contribution < 1.29 is 9.53 Å². The molecule has 0 spiro atoms. The summed E-state index contributed by atoms with van der Waals surface area (Å²) < 4.78 is 5.03. The maximum atomic E-state index is 11.5. The smallest absolute Gasteiger partial charge is 0.252 e. The number of aromatic nitrogens is 1. The number of carbonyl (C=O) groups excluding carboxylic acids is 1. The highest BCUT2D eigenvalue weighted by molar-refractivity contribution is 7.15. The molecule has 2 rings (SSSR count). The molecule has 5 nitrogen and oxygen atoms in total. The maximum Gasteiger partial charge on any atom is 0.252 e. The summed E-state index contributed by atoms with van der Waals surface area (Å²) in [6.07, 6.45) is 2.76. The van der Waals surface area contributed by atoms with Crippen LogP contribution in [-0.2, 0) is 22.4 Å². The fraction of sp³-hybridized carbons (Fsp3) is 0.636. The highest BCUT2D eigenvalue weighted by Crippen LogP contribution is 2.29. The molecule has 0 saturated heterocycles. The molecule has 102 valence electrons. The molecule has 1 aliphatic rings. The Morgan fingerprint density at radius 3 is 3.17 bits per heavy atom. The van der Waals surface area contributed by atoms with Gasteiger partial charge < -0.3 is 10.5 Å². The quantitative estimate of drug-likeness (QED) is 0.878. The van der Waals surface area contributed by atoms with Crippen LogP contribution in [0.4, 0.5) is 5.13 Å². The summed E-state index contributed by atoms with van der Waals surface area (Å²) in [6, 6.07) is 0.231. The Balaban J connectivity index is 0.00000162. The van der Waals surface area contributed by atoms with Crippen molar-refractivity contribution >= 4 is 34.8 Å². The molecule has 3 N–H and O–H groups in total. The minimum Gasteiger partial charge on any atom is -0.372 e. The van der Waals surface area contributed by atoms with E-state index in [1.165, 1.54) is 16.2 Å². The van der Waals surface area contributed by atoms with E-state index in [0.717, 1.165) is 25.0 Å². The number of ether oxygens (including phenoxy) is 1. The zero-order valence-electron chi connectivity index (χ0n) is 10.3. The van der Waals surface area contributed by atoms with Gasteiger partial charge in [-0.2, -0.15) is 0 Å². The van der Waals surface area contributed by atoms with E-state index in [2.05, 4.69) is 10.3 Å². The summed E-state index contributed by atoms with van der Waals surface area (Å²) in [5.41, 5.74) is 6.98.